The summed E-state index contributed by atoms with van der Waals surface area (Å²) in [7, 11) is 0. The van der Waals surface area contributed by atoms with Crippen LogP contribution < -0.4 is 4.74 Å². The highest BCUT2D eigenvalue weighted by Crippen LogP contribution is 2.37. The molecular formula is C12H13NO4. The molecule has 0 amide bonds. The second-order valence-corrected chi connectivity index (χ2v) is 4.04. The van der Waals surface area contributed by atoms with Crippen LogP contribution in [0.25, 0.3) is 0 Å². The minimum Gasteiger partial charge on any atom is -0.478 e. The number of benzene rings is 1. The van der Waals surface area contributed by atoms with Gasteiger partial charge < -0.3 is 15.1 Å². The van der Waals surface area contributed by atoms with Crippen LogP contribution in [0.4, 0.5) is 0 Å². The van der Waals surface area contributed by atoms with Crippen molar-refractivity contribution in [3.8, 4) is 5.75 Å². The Bertz CT molecular complexity index is 452. The molecule has 1 aromatic carbocycles. The summed E-state index contributed by atoms with van der Waals surface area (Å²) in [5.74, 6) is -0.521. The Morgan fingerprint density at radius 3 is 2.65 bits per heavy atom. The van der Waals surface area contributed by atoms with Gasteiger partial charge in [0, 0.05) is 5.56 Å². The Morgan fingerprint density at radius 1 is 1.41 bits per heavy atom. The van der Waals surface area contributed by atoms with Gasteiger partial charge in [0.25, 0.3) is 0 Å². The zero-order chi connectivity index (χ0) is 12.3. The van der Waals surface area contributed by atoms with Crippen LogP contribution in [0.1, 0.15) is 24.8 Å². The van der Waals surface area contributed by atoms with Crippen LogP contribution in [0.15, 0.2) is 29.4 Å². The Labute approximate surface area is 98.3 Å². The molecule has 1 aliphatic carbocycles. The molecule has 0 atom stereocenters. The number of ether oxygens (including phenoxy) is 1. The van der Waals surface area contributed by atoms with E-state index in [-0.39, 0.29) is 0 Å². The number of aliphatic carboxylic acids is 1. The zero-order valence-electron chi connectivity index (χ0n) is 9.17. The lowest BCUT2D eigenvalue weighted by atomic mass is 9.80. The van der Waals surface area contributed by atoms with Crippen molar-refractivity contribution in [1.29, 1.82) is 0 Å². The maximum absolute atomic E-state index is 11.2. The number of carboxylic acid groups (broad SMARTS) is 1. The molecule has 90 valence electrons. The zero-order valence-corrected chi connectivity index (χ0v) is 9.17. The minimum atomic E-state index is -1.11. The second kappa shape index (κ2) is 4.45. The van der Waals surface area contributed by atoms with Gasteiger partial charge in [-0.05, 0) is 31.4 Å². The Balaban J connectivity index is 2.26. The Morgan fingerprint density at radius 2 is 2.12 bits per heavy atom. The summed E-state index contributed by atoms with van der Waals surface area (Å²) >= 11 is 0. The molecule has 2 N–H and O–H groups in total. The van der Waals surface area contributed by atoms with E-state index >= 15 is 0 Å². The SMILES string of the molecule is O=C(O)C1(Oc2ccccc2C=NO)CCC1. The summed E-state index contributed by atoms with van der Waals surface area (Å²) in [6.07, 6.45) is 3.09. The molecule has 0 unspecified atom stereocenters. The van der Waals surface area contributed by atoms with Gasteiger partial charge in [-0.1, -0.05) is 17.3 Å². The third kappa shape index (κ3) is 2.08. The van der Waals surface area contributed by atoms with E-state index in [9.17, 15) is 4.79 Å². The molecule has 1 fully saturated rings. The smallest absolute Gasteiger partial charge is 0.348 e. The molecule has 5 heteroatoms. The van der Waals surface area contributed by atoms with Gasteiger partial charge in [-0.2, -0.15) is 0 Å². The van der Waals surface area contributed by atoms with Gasteiger partial charge in [-0.25, -0.2) is 4.79 Å². The van der Waals surface area contributed by atoms with Crippen molar-refractivity contribution in [1.82, 2.24) is 0 Å². The van der Waals surface area contributed by atoms with Gasteiger partial charge in [-0.3, -0.25) is 0 Å². The highest BCUT2D eigenvalue weighted by Gasteiger charge is 2.47. The van der Waals surface area contributed by atoms with E-state index in [1.54, 1.807) is 24.3 Å². The average molecular weight is 235 g/mol. The van der Waals surface area contributed by atoms with Crippen molar-refractivity contribution < 1.29 is 19.8 Å². The molecule has 1 saturated carbocycles. The number of carbonyl (C=O) groups is 1. The predicted molar refractivity (Wildman–Crippen MR) is 60.7 cm³/mol. The van der Waals surface area contributed by atoms with Crippen molar-refractivity contribution in [2.45, 2.75) is 24.9 Å². The number of nitrogens with zero attached hydrogens (tertiary/aromatic N) is 1. The van der Waals surface area contributed by atoms with Gasteiger partial charge in [0.1, 0.15) is 5.75 Å². The number of rotatable bonds is 4. The van der Waals surface area contributed by atoms with Crippen LogP contribution in [0.3, 0.4) is 0 Å². The first kappa shape index (κ1) is 11.4. The van der Waals surface area contributed by atoms with Gasteiger partial charge in [0.2, 0.25) is 5.60 Å². The van der Waals surface area contributed by atoms with Crippen LogP contribution in [-0.4, -0.2) is 28.1 Å². The van der Waals surface area contributed by atoms with E-state index in [4.69, 9.17) is 15.1 Å². The van der Waals surface area contributed by atoms with Gasteiger partial charge in [0.05, 0.1) is 6.21 Å². The standard InChI is InChI=1S/C12H13NO4/c14-11(15)12(6-3-7-12)17-10-5-2-1-4-9(10)8-13-16/h1-2,4-5,8,16H,3,6-7H2,(H,14,15). The van der Waals surface area contributed by atoms with E-state index in [1.807, 2.05) is 0 Å². The predicted octanol–water partition coefficient (Wildman–Crippen LogP) is 1.88. The fourth-order valence-electron chi connectivity index (χ4n) is 1.81. The highest BCUT2D eigenvalue weighted by atomic mass is 16.5. The summed E-state index contributed by atoms with van der Waals surface area (Å²) in [4.78, 5) is 11.2. The summed E-state index contributed by atoms with van der Waals surface area (Å²) in [6, 6.07) is 6.87. The average Bonchev–Trinajstić information content (AvgIpc) is 2.25. The molecule has 1 aromatic rings. The molecule has 17 heavy (non-hydrogen) atoms. The third-order valence-corrected chi connectivity index (χ3v) is 2.97. The summed E-state index contributed by atoms with van der Waals surface area (Å²) < 4.78 is 5.58. The number of para-hydroxylation sites is 1. The number of oxime groups is 1. The van der Waals surface area contributed by atoms with Crippen LogP contribution in [0, 0.1) is 0 Å². The van der Waals surface area contributed by atoms with Crippen LogP contribution in [0.2, 0.25) is 0 Å². The number of hydrogen-bond donors (Lipinski definition) is 2. The molecule has 0 aliphatic heterocycles. The lowest BCUT2D eigenvalue weighted by Crippen LogP contribution is -2.50. The minimum absolute atomic E-state index is 0.424. The molecule has 0 radical (unpaired) electrons. The fourth-order valence-corrected chi connectivity index (χ4v) is 1.81. The normalized spacial score (nSPS) is 17.6. The molecule has 1 aliphatic rings. The Kier molecular flexibility index (Phi) is 2.99. The van der Waals surface area contributed by atoms with Crippen LogP contribution in [0.5, 0.6) is 5.75 Å². The molecule has 0 spiro atoms. The van der Waals surface area contributed by atoms with Gasteiger partial charge in [0.15, 0.2) is 0 Å². The van der Waals surface area contributed by atoms with E-state index in [1.165, 1.54) is 6.21 Å². The molecule has 0 aromatic heterocycles. The third-order valence-electron chi connectivity index (χ3n) is 2.97. The van der Waals surface area contributed by atoms with Crippen molar-refractivity contribution >= 4 is 12.2 Å². The van der Waals surface area contributed by atoms with E-state index in [0.29, 0.717) is 24.2 Å². The quantitative estimate of drug-likeness (QED) is 0.474. The maximum Gasteiger partial charge on any atom is 0.348 e. The fraction of sp³-hybridized carbons (Fsp3) is 0.333. The second-order valence-electron chi connectivity index (χ2n) is 4.04. The molecular weight excluding hydrogens is 222 g/mol. The molecule has 2 rings (SSSR count). The van der Waals surface area contributed by atoms with E-state index in [0.717, 1.165) is 6.42 Å². The lowest BCUT2D eigenvalue weighted by Gasteiger charge is -2.37. The first-order valence-electron chi connectivity index (χ1n) is 5.37. The maximum atomic E-state index is 11.2. The first-order chi connectivity index (χ1) is 8.18. The number of carboxylic acids is 1. The summed E-state index contributed by atoms with van der Waals surface area (Å²) in [6.45, 7) is 0. The van der Waals surface area contributed by atoms with Crippen LogP contribution >= 0.6 is 0 Å². The highest BCUT2D eigenvalue weighted by molar-refractivity contribution is 5.84. The Hall–Kier alpha value is -2.04. The van der Waals surface area contributed by atoms with Gasteiger partial charge >= 0.3 is 5.97 Å². The van der Waals surface area contributed by atoms with E-state index in [2.05, 4.69) is 5.16 Å². The van der Waals surface area contributed by atoms with Crippen molar-refractivity contribution in [3.63, 3.8) is 0 Å². The van der Waals surface area contributed by atoms with Crippen molar-refractivity contribution in [3.05, 3.63) is 29.8 Å². The molecule has 0 saturated heterocycles. The van der Waals surface area contributed by atoms with Crippen molar-refractivity contribution in [2.24, 2.45) is 5.16 Å². The van der Waals surface area contributed by atoms with Crippen LogP contribution in [-0.2, 0) is 4.79 Å². The monoisotopic (exact) mass is 235 g/mol. The molecule has 0 bridgehead atoms. The lowest BCUT2D eigenvalue weighted by molar-refractivity contribution is -0.163. The largest absolute Gasteiger partial charge is 0.478 e. The topological polar surface area (TPSA) is 79.1 Å². The van der Waals surface area contributed by atoms with E-state index < -0.39 is 11.6 Å². The molecule has 5 nitrogen and oxygen atoms in total. The summed E-state index contributed by atoms with van der Waals surface area (Å²) in [5, 5.41) is 20.6. The summed E-state index contributed by atoms with van der Waals surface area (Å²) in [5.41, 5.74) is -0.554. The molecule has 0 heterocycles. The van der Waals surface area contributed by atoms with Gasteiger partial charge in [-0.15, -0.1) is 0 Å². The first-order valence-corrected chi connectivity index (χ1v) is 5.37. The number of hydrogen-bond acceptors (Lipinski definition) is 4. The van der Waals surface area contributed by atoms with Crippen molar-refractivity contribution in [2.75, 3.05) is 0 Å².